The third-order valence-corrected chi connectivity index (χ3v) is 3.58. The number of benzene rings is 2. The summed E-state index contributed by atoms with van der Waals surface area (Å²) < 4.78 is 0. The van der Waals surface area contributed by atoms with Crippen molar-refractivity contribution in [3.8, 4) is 11.1 Å². The molecule has 18 heavy (non-hydrogen) atoms. The van der Waals surface area contributed by atoms with Gasteiger partial charge in [0, 0.05) is 12.6 Å². The Morgan fingerprint density at radius 2 is 1.72 bits per heavy atom. The molecule has 0 radical (unpaired) electrons. The van der Waals surface area contributed by atoms with Crippen LogP contribution in [0.3, 0.4) is 0 Å². The number of rotatable bonds is 4. The third-order valence-electron chi connectivity index (χ3n) is 3.58. The van der Waals surface area contributed by atoms with Crippen LogP contribution in [-0.4, -0.2) is 6.04 Å². The van der Waals surface area contributed by atoms with Crippen LogP contribution in [0.2, 0.25) is 0 Å². The second kappa shape index (κ2) is 4.95. The van der Waals surface area contributed by atoms with Crippen molar-refractivity contribution in [1.29, 1.82) is 0 Å². The van der Waals surface area contributed by atoms with Gasteiger partial charge in [0.2, 0.25) is 0 Å². The van der Waals surface area contributed by atoms with E-state index >= 15 is 0 Å². The van der Waals surface area contributed by atoms with E-state index < -0.39 is 0 Å². The van der Waals surface area contributed by atoms with E-state index in [9.17, 15) is 0 Å². The van der Waals surface area contributed by atoms with Crippen molar-refractivity contribution in [3.63, 3.8) is 0 Å². The molecule has 3 rings (SSSR count). The van der Waals surface area contributed by atoms with Crippen LogP contribution in [0.25, 0.3) is 11.1 Å². The van der Waals surface area contributed by atoms with Crippen molar-refractivity contribution in [2.45, 2.75) is 32.4 Å². The van der Waals surface area contributed by atoms with Crippen molar-refractivity contribution in [2.24, 2.45) is 0 Å². The molecule has 0 bridgehead atoms. The maximum Gasteiger partial charge on any atom is 0.0208 e. The number of aryl methyl sites for hydroxylation is 1. The van der Waals surface area contributed by atoms with E-state index in [-0.39, 0.29) is 0 Å². The first-order valence-electron chi connectivity index (χ1n) is 6.71. The van der Waals surface area contributed by atoms with Crippen LogP contribution in [0.15, 0.2) is 48.5 Å². The Kier molecular flexibility index (Phi) is 3.16. The van der Waals surface area contributed by atoms with Gasteiger partial charge in [0.05, 0.1) is 0 Å². The second-order valence-electron chi connectivity index (χ2n) is 5.17. The summed E-state index contributed by atoms with van der Waals surface area (Å²) in [6.45, 7) is 3.16. The lowest BCUT2D eigenvalue weighted by Crippen LogP contribution is -2.14. The van der Waals surface area contributed by atoms with Crippen molar-refractivity contribution in [1.82, 2.24) is 5.32 Å². The lowest BCUT2D eigenvalue weighted by Gasteiger charge is -2.07. The minimum Gasteiger partial charge on any atom is -0.310 e. The molecule has 0 saturated heterocycles. The van der Waals surface area contributed by atoms with Gasteiger partial charge >= 0.3 is 0 Å². The topological polar surface area (TPSA) is 12.0 Å². The third kappa shape index (κ3) is 2.62. The van der Waals surface area contributed by atoms with Gasteiger partial charge in [-0.05, 0) is 42.0 Å². The maximum absolute atomic E-state index is 3.54. The van der Waals surface area contributed by atoms with E-state index in [0.717, 1.165) is 12.6 Å². The molecule has 1 heteroatoms. The molecule has 0 aliphatic heterocycles. The molecule has 0 atom stereocenters. The summed E-state index contributed by atoms with van der Waals surface area (Å²) in [7, 11) is 0. The van der Waals surface area contributed by atoms with Crippen molar-refractivity contribution < 1.29 is 0 Å². The molecule has 0 aromatic heterocycles. The van der Waals surface area contributed by atoms with E-state index in [1.807, 2.05) is 0 Å². The Morgan fingerprint density at radius 3 is 2.39 bits per heavy atom. The number of nitrogens with one attached hydrogen (secondary N) is 1. The lowest BCUT2D eigenvalue weighted by atomic mass is 10.00. The molecule has 0 spiro atoms. The Balaban J connectivity index is 1.75. The summed E-state index contributed by atoms with van der Waals surface area (Å²) in [5.74, 6) is 0. The zero-order valence-electron chi connectivity index (χ0n) is 10.8. The molecule has 1 saturated carbocycles. The molecular weight excluding hydrogens is 218 g/mol. The van der Waals surface area contributed by atoms with Gasteiger partial charge < -0.3 is 5.32 Å². The van der Waals surface area contributed by atoms with Gasteiger partial charge in [0.25, 0.3) is 0 Å². The zero-order chi connectivity index (χ0) is 12.4. The fraction of sp³-hybridized carbons (Fsp3) is 0.294. The van der Waals surface area contributed by atoms with Gasteiger partial charge in [-0.1, -0.05) is 48.5 Å². The standard InChI is InChI=1S/C17H19N/c1-13-4-2-3-5-17(13)15-8-6-14(7-9-15)12-18-16-10-11-16/h2-9,16,18H,10-12H2,1H3. The van der Waals surface area contributed by atoms with Gasteiger partial charge in [0.1, 0.15) is 0 Å². The predicted molar refractivity (Wildman–Crippen MR) is 76.5 cm³/mol. The van der Waals surface area contributed by atoms with E-state index in [1.54, 1.807) is 0 Å². The average Bonchev–Trinajstić information content (AvgIpc) is 3.22. The van der Waals surface area contributed by atoms with Gasteiger partial charge in [-0.15, -0.1) is 0 Å². The number of hydrogen-bond acceptors (Lipinski definition) is 1. The Hall–Kier alpha value is -1.60. The smallest absolute Gasteiger partial charge is 0.0208 e. The largest absolute Gasteiger partial charge is 0.310 e. The monoisotopic (exact) mass is 237 g/mol. The first-order chi connectivity index (χ1) is 8.83. The molecule has 92 valence electrons. The van der Waals surface area contributed by atoms with Crippen LogP contribution < -0.4 is 5.32 Å². The van der Waals surface area contributed by atoms with Gasteiger partial charge in [-0.2, -0.15) is 0 Å². The second-order valence-corrected chi connectivity index (χ2v) is 5.17. The van der Waals surface area contributed by atoms with Crippen LogP contribution in [0.4, 0.5) is 0 Å². The molecule has 1 N–H and O–H groups in total. The average molecular weight is 237 g/mol. The van der Waals surface area contributed by atoms with E-state index in [1.165, 1.54) is 35.1 Å². The van der Waals surface area contributed by atoms with Gasteiger partial charge in [-0.25, -0.2) is 0 Å². The molecule has 1 fully saturated rings. The van der Waals surface area contributed by atoms with E-state index in [2.05, 4.69) is 60.8 Å². The Labute approximate surface area is 109 Å². The van der Waals surface area contributed by atoms with Crippen LogP contribution in [0.5, 0.6) is 0 Å². The Bertz CT molecular complexity index is 524. The summed E-state index contributed by atoms with van der Waals surface area (Å²) in [5, 5.41) is 3.54. The summed E-state index contributed by atoms with van der Waals surface area (Å²) in [6.07, 6.45) is 2.70. The van der Waals surface area contributed by atoms with Crippen molar-refractivity contribution in [2.75, 3.05) is 0 Å². The fourth-order valence-corrected chi connectivity index (χ4v) is 2.25. The minimum absolute atomic E-state index is 0.779. The van der Waals surface area contributed by atoms with E-state index in [0.29, 0.717) is 0 Å². The maximum atomic E-state index is 3.54. The van der Waals surface area contributed by atoms with E-state index in [4.69, 9.17) is 0 Å². The minimum atomic E-state index is 0.779. The first kappa shape index (κ1) is 11.5. The van der Waals surface area contributed by atoms with Crippen LogP contribution in [0.1, 0.15) is 24.0 Å². The quantitative estimate of drug-likeness (QED) is 0.850. The fourth-order valence-electron chi connectivity index (χ4n) is 2.25. The molecular formula is C17H19N. The molecule has 0 unspecified atom stereocenters. The Morgan fingerprint density at radius 1 is 1.00 bits per heavy atom. The molecule has 1 nitrogen and oxygen atoms in total. The molecule has 1 aliphatic carbocycles. The van der Waals surface area contributed by atoms with Crippen molar-refractivity contribution >= 4 is 0 Å². The van der Waals surface area contributed by atoms with Crippen LogP contribution in [0, 0.1) is 6.92 Å². The highest BCUT2D eigenvalue weighted by Crippen LogP contribution is 2.24. The normalized spacial score (nSPS) is 14.7. The van der Waals surface area contributed by atoms with Gasteiger partial charge in [0.15, 0.2) is 0 Å². The highest BCUT2D eigenvalue weighted by molar-refractivity contribution is 5.67. The molecule has 0 amide bonds. The summed E-state index contributed by atoms with van der Waals surface area (Å²) in [6, 6.07) is 18.2. The van der Waals surface area contributed by atoms with Gasteiger partial charge in [-0.3, -0.25) is 0 Å². The predicted octanol–water partition coefficient (Wildman–Crippen LogP) is 3.91. The SMILES string of the molecule is Cc1ccccc1-c1ccc(CNC2CC2)cc1. The lowest BCUT2D eigenvalue weighted by molar-refractivity contribution is 0.688. The molecule has 0 heterocycles. The highest BCUT2D eigenvalue weighted by atomic mass is 14.9. The summed E-state index contributed by atoms with van der Waals surface area (Å²) in [4.78, 5) is 0. The number of hydrogen-bond donors (Lipinski definition) is 1. The molecule has 2 aromatic rings. The van der Waals surface area contributed by atoms with Crippen LogP contribution >= 0.6 is 0 Å². The summed E-state index contributed by atoms with van der Waals surface area (Å²) >= 11 is 0. The van der Waals surface area contributed by atoms with Crippen LogP contribution in [-0.2, 0) is 6.54 Å². The molecule has 1 aliphatic rings. The highest BCUT2D eigenvalue weighted by Gasteiger charge is 2.19. The zero-order valence-corrected chi connectivity index (χ0v) is 10.8. The molecule has 2 aromatic carbocycles. The first-order valence-corrected chi connectivity index (χ1v) is 6.71. The van der Waals surface area contributed by atoms with Crippen molar-refractivity contribution in [3.05, 3.63) is 59.7 Å². The summed E-state index contributed by atoms with van der Waals surface area (Å²) in [5.41, 5.74) is 5.35.